The number of H-pyrrole nitrogens is 1. The zero-order chi connectivity index (χ0) is 28.8. The van der Waals surface area contributed by atoms with Crippen LogP contribution >= 0.6 is 0 Å². The van der Waals surface area contributed by atoms with Crippen molar-refractivity contribution < 1.29 is 0 Å². The summed E-state index contributed by atoms with van der Waals surface area (Å²) in [6.45, 7) is 5.89. The van der Waals surface area contributed by atoms with Crippen LogP contribution in [0.3, 0.4) is 0 Å². The Morgan fingerprint density at radius 1 is 0.581 bits per heavy atom. The molecule has 3 aliphatic carbocycles. The fraction of sp³-hybridized carbons (Fsp3) is 0.625. The molecule has 0 aromatic carbocycles. The maximum Gasteiger partial charge on any atom is 0.0466 e. The first-order valence-electron chi connectivity index (χ1n) is 18.4. The number of fused-ring (bicyclic) bond motifs is 5. The van der Waals surface area contributed by atoms with Gasteiger partial charge in [-0.1, -0.05) is 70.8 Å². The standard InChI is InChI=1S/C40H53N3/c1-27-18-19-31-26-43-36(38(27)28-12-8-4-9-13-28)24-25-37(43)40(30-16-10-5-11-17-30)35-23-22-34(42-35)39(33-21-20-32(31)41-33)29-14-6-2-3-7-15-29/h20-21,24-25,28-31,41H,1-19,22-23,26H2/b38-36+,39-34-,40-37-. The summed E-state index contributed by atoms with van der Waals surface area (Å²) in [5.41, 5.74) is 11.9. The molecule has 1 atom stereocenters. The van der Waals surface area contributed by atoms with Gasteiger partial charge in [0.15, 0.2) is 0 Å². The van der Waals surface area contributed by atoms with Crippen molar-refractivity contribution in [3.8, 4) is 0 Å². The van der Waals surface area contributed by atoms with Gasteiger partial charge in [-0.15, -0.1) is 0 Å². The summed E-state index contributed by atoms with van der Waals surface area (Å²) in [6, 6.07) is 9.92. The molecule has 0 saturated heterocycles. The molecule has 6 bridgehead atoms. The molecule has 0 spiro atoms. The topological polar surface area (TPSA) is 33.1 Å². The van der Waals surface area contributed by atoms with Crippen LogP contribution in [0.1, 0.15) is 146 Å². The third kappa shape index (κ3) is 5.27. The smallest absolute Gasteiger partial charge is 0.0466 e. The Morgan fingerprint density at radius 3 is 1.84 bits per heavy atom. The molecule has 3 heteroatoms. The van der Waals surface area contributed by atoms with E-state index in [0.717, 1.165) is 25.8 Å². The van der Waals surface area contributed by atoms with Crippen LogP contribution in [0.5, 0.6) is 0 Å². The molecule has 3 saturated carbocycles. The Morgan fingerprint density at radius 2 is 1.16 bits per heavy atom. The predicted octanol–water partition coefficient (Wildman–Crippen LogP) is 9.34. The average Bonchev–Trinajstić information content (AvgIpc) is 3.74. The van der Waals surface area contributed by atoms with Crippen LogP contribution in [-0.2, 0) is 6.54 Å². The molecule has 0 amide bonds. The maximum atomic E-state index is 5.71. The van der Waals surface area contributed by atoms with Crippen LogP contribution in [0.4, 0.5) is 0 Å². The molecule has 3 nitrogen and oxygen atoms in total. The summed E-state index contributed by atoms with van der Waals surface area (Å²) < 4.78 is 2.79. The highest BCUT2D eigenvalue weighted by atomic mass is 15.0. The van der Waals surface area contributed by atoms with Crippen molar-refractivity contribution in [3.63, 3.8) is 0 Å². The quantitative estimate of drug-likeness (QED) is 0.354. The SMILES string of the molecule is C=C1CCC2Cn3/c(cc/c3=C(\C3CCCCC3)C3=N/C(=C(/C4CCCCCC4)c4ccc2[nH]4)CC3)=C\1C1CCCCC1. The van der Waals surface area contributed by atoms with Crippen LogP contribution in [0.2, 0.25) is 0 Å². The van der Waals surface area contributed by atoms with E-state index in [4.69, 9.17) is 11.6 Å². The molecule has 2 aromatic heterocycles. The molecule has 2 aromatic rings. The van der Waals surface area contributed by atoms with Gasteiger partial charge in [-0.3, -0.25) is 4.99 Å². The number of rotatable bonds is 3. The lowest BCUT2D eigenvalue weighted by Crippen LogP contribution is -2.37. The highest BCUT2D eigenvalue weighted by molar-refractivity contribution is 6.20. The third-order valence-electron chi connectivity index (χ3n) is 12.3. The first-order valence-corrected chi connectivity index (χ1v) is 18.4. The summed E-state index contributed by atoms with van der Waals surface area (Å²) in [7, 11) is 0. The van der Waals surface area contributed by atoms with Crippen LogP contribution in [-0.4, -0.2) is 15.3 Å². The van der Waals surface area contributed by atoms with Crippen molar-refractivity contribution in [3.05, 3.63) is 64.2 Å². The average molecular weight is 576 g/mol. The number of aliphatic imine (C=N–C) groups is 1. The Bertz CT molecular complexity index is 1540. The zero-order valence-corrected chi connectivity index (χ0v) is 26.6. The minimum Gasteiger partial charge on any atom is -0.358 e. The molecule has 8 rings (SSSR count). The molecule has 1 unspecified atom stereocenters. The lowest BCUT2D eigenvalue weighted by Gasteiger charge is -2.30. The fourth-order valence-corrected chi connectivity index (χ4v) is 10.1. The number of allylic oxidation sites excluding steroid dienone is 3. The normalized spacial score (nSPS) is 30.7. The van der Waals surface area contributed by atoms with Crippen molar-refractivity contribution in [2.75, 3.05) is 0 Å². The van der Waals surface area contributed by atoms with Crippen LogP contribution in [0, 0.1) is 17.8 Å². The van der Waals surface area contributed by atoms with E-state index in [9.17, 15) is 0 Å². The van der Waals surface area contributed by atoms with Gasteiger partial charge in [-0.05, 0) is 117 Å². The first-order chi connectivity index (χ1) is 21.2. The van der Waals surface area contributed by atoms with Crippen LogP contribution in [0.25, 0.3) is 16.7 Å². The van der Waals surface area contributed by atoms with E-state index in [2.05, 4.69) is 33.8 Å². The van der Waals surface area contributed by atoms with Gasteiger partial charge in [0.2, 0.25) is 0 Å². The summed E-state index contributed by atoms with van der Waals surface area (Å²) >= 11 is 0. The van der Waals surface area contributed by atoms with Gasteiger partial charge in [0.05, 0.1) is 0 Å². The molecule has 6 aliphatic rings. The second-order valence-corrected chi connectivity index (χ2v) is 15.0. The zero-order valence-electron chi connectivity index (χ0n) is 26.6. The van der Waals surface area contributed by atoms with E-state index in [1.807, 2.05) is 0 Å². The largest absolute Gasteiger partial charge is 0.358 e. The van der Waals surface area contributed by atoms with Crippen molar-refractivity contribution >= 4 is 22.4 Å². The number of hydrogen-bond acceptors (Lipinski definition) is 1. The summed E-state index contributed by atoms with van der Waals surface area (Å²) in [4.78, 5) is 9.77. The van der Waals surface area contributed by atoms with Gasteiger partial charge in [-0.25, -0.2) is 0 Å². The highest BCUT2D eigenvalue weighted by Crippen LogP contribution is 2.43. The summed E-state index contributed by atoms with van der Waals surface area (Å²) in [5, 5.41) is 2.99. The number of aromatic nitrogens is 2. The summed E-state index contributed by atoms with van der Waals surface area (Å²) in [5.74, 6) is 2.45. The molecule has 3 fully saturated rings. The van der Waals surface area contributed by atoms with Crippen molar-refractivity contribution in [2.45, 2.75) is 141 Å². The number of nitrogens with one attached hydrogen (secondary N) is 1. The van der Waals surface area contributed by atoms with E-state index >= 15 is 0 Å². The molecule has 3 aliphatic heterocycles. The van der Waals surface area contributed by atoms with E-state index < -0.39 is 0 Å². The molecule has 5 heterocycles. The molecular formula is C40H53N3. The second kappa shape index (κ2) is 12.1. The van der Waals surface area contributed by atoms with Crippen molar-refractivity contribution in [1.29, 1.82) is 0 Å². The molecule has 0 radical (unpaired) electrons. The molecule has 43 heavy (non-hydrogen) atoms. The van der Waals surface area contributed by atoms with Gasteiger partial charge in [-0.2, -0.15) is 0 Å². The van der Waals surface area contributed by atoms with E-state index in [-0.39, 0.29) is 0 Å². The fourth-order valence-electron chi connectivity index (χ4n) is 10.1. The highest BCUT2D eigenvalue weighted by Gasteiger charge is 2.32. The Labute approximate surface area is 259 Å². The number of hydrogen-bond donors (Lipinski definition) is 1. The van der Waals surface area contributed by atoms with Crippen LogP contribution < -0.4 is 10.7 Å². The second-order valence-electron chi connectivity index (χ2n) is 15.0. The van der Waals surface area contributed by atoms with E-state index in [0.29, 0.717) is 23.7 Å². The Balaban J connectivity index is 1.39. The molecule has 1 N–H and O–H groups in total. The van der Waals surface area contributed by atoms with Gasteiger partial charge in [0.1, 0.15) is 0 Å². The summed E-state index contributed by atoms with van der Waals surface area (Å²) in [6.07, 6.45) is 26.3. The molecule has 228 valence electrons. The minimum absolute atomic E-state index is 0.482. The predicted molar refractivity (Wildman–Crippen MR) is 180 cm³/mol. The number of aromatic amines is 1. The Hall–Kier alpha value is -2.55. The Kier molecular flexibility index (Phi) is 7.86. The lowest BCUT2D eigenvalue weighted by atomic mass is 9.78. The first kappa shape index (κ1) is 28.0. The van der Waals surface area contributed by atoms with E-state index in [1.165, 1.54) is 148 Å². The number of nitrogens with zero attached hydrogens (tertiary/aromatic N) is 2. The monoisotopic (exact) mass is 575 g/mol. The van der Waals surface area contributed by atoms with Crippen molar-refractivity contribution in [1.82, 2.24) is 9.55 Å². The van der Waals surface area contributed by atoms with E-state index in [1.54, 1.807) is 16.7 Å². The van der Waals surface area contributed by atoms with Gasteiger partial charge in [0, 0.05) is 57.1 Å². The molecular weight excluding hydrogens is 522 g/mol. The minimum atomic E-state index is 0.482. The van der Waals surface area contributed by atoms with Crippen LogP contribution in [0.15, 0.2) is 47.1 Å². The van der Waals surface area contributed by atoms with Crippen molar-refractivity contribution in [2.24, 2.45) is 22.7 Å². The van der Waals surface area contributed by atoms with Gasteiger partial charge < -0.3 is 9.55 Å². The third-order valence-corrected chi connectivity index (χ3v) is 12.3. The lowest BCUT2D eigenvalue weighted by molar-refractivity contribution is 0.418. The maximum absolute atomic E-state index is 5.71. The van der Waals surface area contributed by atoms with Gasteiger partial charge in [0.25, 0.3) is 0 Å². The van der Waals surface area contributed by atoms with Gasteiger partial charge >= 0.3 is 0 Å².